The van der Waals surface area contributed by atoms with Gasteiger partial charge in [0.15, 0.2) is 0 Å². The van der Waals surface area contributed by atoms with E-state index in [1.165, 1.54) is 0 Å². The van der Waals surface area contributed by atoms with E-state index in [0.29, 0.717) is 0 Å². The van der Waals surface area contributed by atoms with E-state index in [1.807, 2.05) is 25.9 Å². The molecular formula is C10H19NO3. The number of ether oxygens (including phenoxy) is 1. The molecule has 82 valence electrons. The maximum atomic E-state index is 10.7. The maximum Gasteiger partial charge on any atom is 0.305 e. The summed E-state index contributed by atoms with van der Waals surface area (Å²) < 4.78 is 5.68. The zero-order chi connectivity index (χ0) is 10.7. The molecule has 0 bridgehead atoms. The van der Waals surface area contributed by atoms with Gasteiger partial charge in [-0.2, -0.15) is 0 Å². The predicted molar refractivity (Wildman–Crippen MR) is 53.3 cm³/mol. The van der Waals surface area contributed by atoms with E-state index in [9.17, 15) is 4.79 Å². The summed E-state index contributed by atoms with van der Waals surface area (Å²) in [6.07, 6.45) is 2.52. The molecule has 1 aliphatic heterocycles. The van der Waals surface area contributed by atoms with Crippen molar-refractivity contribution in [3.63, 3.8) is 0 Å². The Kier molecular flexibility index (Phi) is 3.89. The summed E-state index contributed by atoms with van der Waals surface area (Å²) in [5, 5.41) is 8.78. The highest BCUT2D eigenvalue weighted by Gasteiger charge is 2.32. The highest BCUT2D eigenvalue weighted by Crippen LogP contribution is 2.25. The van der Waals surface area contributed by atoms with Crippen molar-refractivity contribution in [2.75, 3.05) is 14.1 Å². The van der Waals surface area contributed by atoms with Crippen molar-refractivity contribution in [3.8, 4) is 0 Å². The Bertz CT molecular complexity index is 206. The van der Waals surface area contributed by atoms with Gasteiger partial charge in [-0.3, -0.25) is 4.79 Å². The third kappa shape index (κ3) is 2.96. The van der Waals surface area contributed by atoms with Gasteiger partial charge in [-0.15, -0.1) is 0 Å². The van der Waals surface area contributed by atoms with Crippen LogP contribution in [0.1, 0.15) is 26.2 Å². The third-order valence-electron chi connectivity index (χ3n) is 2.74. The molecule has 1 heterocycles. The number of hydrogen-bond donors (Lipinski definition) is 1. The van der Waals surface area contributed by atoms with Crippen molar-refractivity contribution < 1.29 is 14.6 Å². The fourth-order valence-corrected chi connectivity index (χ4v) is 1.94. The summed E-state index contributed by atoms with van der Waals surface area (Å²) >= 11 is 0. The standard InChI is InChI=1S/C10H19NO3/c1-7-4-5-9(14-7)8(11(2)3)6-10(12)13/h7-9H,4-6H2,1-3H3,(H,12,13). The Hall–Kier alpha value is -0.610. The van der Waals surface area contributed by atoms with E-state index in [0.717, 1.165) is 12.8 Å². The van der Waals surface area contributed by atoms with Crippen LogP contribution in [0.5, 0.6) is 0 Å². The van der Waals surface area contributed by atoms with Crippen LogP contribution in [0.4, 0.5) is 0 Å². The van der Waals surface area contributed by atoms with Gasteiger partial charge in [-0.1, -0.05) is 0 Å². The lowest BCUT2D eigenvalue weighted by Gasteiger charge is -2.28. The average molecular weight is 201 g/mol. The van der Waals surface area contributed by atoms with Crippen LogP contribution >= 0.6 is 0 Å². The number of nitrogens with zero attached hydrogens (tertiary/aromatic N) is 1. The number of rotatable bonds is 4. The summed E-state index contributed by atoms with van der Waals surface area (Å²) in [6.45, 7) is 2.04. The molecule has 0 aromatic heterocycles. The van der Waals surface area contributed by atoms with E-state index < -0.39 is 5.97 Å². The van der Waals surface area contributed by atoms with Crippen LogP contribution in [0.2, 0.25) is 0 Å². The van der Waals surface area contributed by atoms with Crippen LogP contribution in [0, 0.1) is 0 Å². The number of likely N-dealkylation sites (N-methyl/N-ethyl adjacent to an activating group) is 1. The largest absolute Gasteiger partial charge is 0.481 e. The molecule has 3 atom stereocenters. The van der Waals surface area contributed by atoms with Crippen LogP contribution in [0.15, 0.2) is 0 Å². The van der Waals surface area contributed by atoms with Gasteiger partial charge in [0.2, 0.25) is 0 Å². The van der Waals surface area contributed by atoms with Crippen molar-refractivity contribution in [1.29, 1.82) is 0 Å². The van der Waals surface area contributed by atoms with Gasteiger partial charge in [0.05, 0.1) is 18.6 Å². The van der Waals surface area contributed by atoms with E-state index in [-0.39, 0.29) is 24.7 Å². The maximum absolute atomic E-state index is 10.7. The van der Waals surface area contributed by atoms with E-state index >= 15 is 0 Å². The van der Waals surface area contributed by atoms with Gasteiger partial charge in [0.25, 0.3) is 0 Å². The molecule has 4 heteroatoms. The second-order valence-corrected chi connectivity index (χ2v) is 4.19. The average Bonchev–Trinajstić information content (AvgIpc) is 2.46. The van der Waals surface area contributed by atoms with E-state index in [2.05, 4.69) is 0 Å². The van der Waals surface area contributed by atoms with E-state index in [4.69, 9.17) is 9.84 Å². The lowest BCUT2D eigenvalue weighted by Crippen LogP contribution is -2.40. The molecular weight excluding hydrogens is 182 g/mol. The SMILES string of the molecule is CC1CCC(C(CC(=O)O)N(C)C)O1. The molecule has 0 aromatic rings. The molecule has 0 spiro atoms. The second kappa shape index (κ2) is 4.75. The predicted octanol–water partition coefficient (Wildman–Crippen LogP) is 0.959. The zero-order valence-corrected chi connectivity index (χ0v) is 9.06. The normalized spacial score (nSPS) is 29.4. The highest BCUT2D eigenvalue weighted by molar-refractivity contribution is 5.67. The fourth-order valence-electron chi connectivity index (χ4n) is 1.94. The van der Waals surface area contributed by atoms with Gasteiger partial charge in [-0.05, 0) is 33.9 Å². The molecule has 1 aliphatic rings. The summed E-state index contributed by atoms with van der Waals surface area (Å²) in [5.41, 5.74) is 0. The molecule has 1 saturated heterocycles. The molecule has 1 N–H and O–H groups in total. The molecule has 4 nitrogen and oxygen atoms in total. The molecule has 1 rings (SSSR count). The summed E-state index contributed by atoms with van der Waals surface area (Å²) in [7, 11) is 3.81. The van der Waals surface area contributed by atoms with Gasteiger partial charge in [0, 0.05) is 6.04 Å². The van der Waals surface area contributed by atoms with Crippen molar-refractivity contribution >= 4 is 5.97 Å². The Morgan fingerprint density at radius 1 is 1.57 bits per heavy atom. The smallest absolute Gasteiger partial charge is 0.305 e. The molecule has 0 aromatic carbocycles. The van der Waals surface area contributed by atoms with Crippen molar-refractivity contribution in [1.82, 2.24) is 4.90 Å². The Balaban J connectivity index is 2.54. The van der Waals surface area contributed by atoms with Gasteiger partial charge in [0.1, 0.15) is 0 Å². The first kappa shape index (κ1) is 11.5. The van der Waals surface area contributed by atoms with Crippen LogP contribution in [-0.4, -0.2) is 48.3 Å². The number of carbonyl (C=O) groups is 1. The van der Waals surface area contributed by atoms with Crippen molar-refractivity contribution in [2.45, 2.75) is 44.4 Å². The quantitative estimate of drug-likeness (QED) is 0.736. The number of carboxylic acids is 1. The molecule has 0 amide bonds. The highest BCUT2D eigenvalue weighted by atomic mass is 16.5. The monoisotopic (exact) mass is 201 g/mol. The molecule has 1 fully saturated rings. The van der Waals surface area contributed by atoms with Crippen LogP contribution in [0.25, 0.3) is 0 Å². The minimum atomic E-state index is -0.758. The molecule has 0 radical (unpaired) electrons. The van der Waals surface area contributed by atoms with Crippen LogP contribution in [-0.2, 0) is 9.53 Å². The molecule has 0 saturated carbocycles. The van der Waals surface area contributed by atoms with Gasteiger partial charge in [-0.25, -0.2) is 0 Å². The molecule has 3 unspecified atom stereocenters. The van der Waals surface area contributed by atoms with Crippen LogP contribution in [0.3, 0.4) is 0 Å². The Morgan fingerprint density at radius 3 is 2.57 bits per heavy atom. The fraction of sp³-hybridized carbons (Fsp3) is 0.900. The summed E-state index contributed by atoms with van der Waals surface area (Å²) in [5.74, 6) is -0.758. The minimum absolute atomic E-state index is 0.00236. The Labute approximate surface area is 84.8 Å². The van der Waals surface area contributed by atoms with Crippen molar-refractivity contribution in [3.05, 3.63) is 0 Å². The summed E-state index contributed by atoms with van der Waals surface area (Å²) in [6, 6.07) is -0.00236. The molecule has 14 heavy (non-hydrogen) atoms. The first-order valence-corrected chi connectivity index (χ1v) is 5.04. The number of aliphatic carboxylic acids is 1. The third-order valence-corrected chi connectivity index (χ3v) is 2.74. The lowest BCUT2D eigenvalue weighted by atomic mass is 10.0. The second-order valence-electron chi connectivity index (χ2n) is 4.19. The first-order valence-electron chi connectivity index (χ1n) is 5.04. The first-order chi connectivity index (χ1) is 6.50. The molecule has 0 aliphatic carbocycles. The lowest BCUT2D eigenvalue weighted by molar-refractivity contribution is -0.139. The van der Waals surface area contributed by atoms with Gasteiger partial charge >= 0.3 is 5.97 Å². The van der Waals surface area contributed by atoms with E-state index in [1.54, 1.807) is 0 Å². The van der Waals surface area contributed by atoms with Crippen LogP contribution < -0.4 is 0 Å². The topological polar surface area (TPSA) is 49.8 Å². The Morgan fingerprint density at radius 2 is 2.21 bits per heavy atom. The number of carboxylic acid groups (broad SMARTS) is 1. The zero-order valence-electron chi connectivity index (χ0n) is 9.06. The number of hydrogen-bond acceptors (Lipinski definition) is 3. The minimum Gasteiger partial charge on any atom is -0.481 e. The van der Waals surface area contributed by atoms with Crippen molar-refractivity contribution in [2.24, 2.45) is 0 Å². The summed E-state index contributed by atoms with van der Waals surface area (Å²) in [4.78, 5) is 12.6. The van der Waals surface area contributed by atoms with Gasteiger partial charge < -0.3 is 14.7 Å².